The summed E-state index contributed by atoms with van der Waals surface area (Å²) >= 11 is 0. The first-order valence-corrected chi connectivity index (χ1v) is 8.15. The molecule has 0 spiro atoms. The van der Waals surface area contributed by atoms with Crippen LogP contribution in [0.1, 0.15) is 42.6 Å². The fourth-order valence-electron chi connectivity index (χ4n) is 2.30. The fourth-order valence-corrected chi connectivity index (χ4v) is 3.87. The molecule has 2 N–H and O–H groups in total. The molecular weight excluding hydrogens is 284 g/mol. The number of aromatic carboxylic acids is 1. The van der Waals surface area contributed by atoms with Crippen molar-refractivity contribution in [3.8, 4) is 0 Å². The highest BCUT2D eigenvalue weighted by Gasteiger charge is 2.26. The van der Waals surface area contributed by atoms with Crippen molar-refractivity contribution in [1.82, 2.24) is 19.7 Å². The Kier molecular flexibility index (Phi) is 4.71. The van der Waals surface area contributed by atoms with Gasteiger partial charge in [-0.15, -0.1) is 5.10 Å². The molecule has 0 radical (unpaired) electrons. The first-order chi connectivity index (χ1) is 9.49. The standard InChI is InChI=1S/C11H18N4O4S/c16-11(17)10-8-15(14-13-10)7-6-12-20(18,19)9-4-2-1-3-5-9/h8-9,12H,1-7H2,(H,16,17). The molecule has 0 aromatic carbocycles. The van der Waals surface area contributed by atoms with Crippen LogP contribution in [-0.4, -0.2) is 46.3 Å². The van der Waals surface area contributed by atoms with Crippen LogP contribution in [-0.2, 0) is 16.6 Å². The highest BCUT2D eigenvalue weighted by Crippen LogP contribution is 2.22. The Morgan fingerprint density at radius 3 is 2.70 bits per heavy atom. The summed E-state index contributed by atoms with van der Waals surface area (Å²) < 4.78 is 27.9. The Hall–Kier alpha value is -1.48. The van der Waals surface area contributed by atoms with Gasteiger partial charge in [-0.1, -0.05) is 24.5 Å². The van der Waals surface area contributed by atoms with E-state index in [1.807, 2.05) is 0 Å². The summed E-state index contributed by atoms with van der Waals surface area (Å²) in [6.07, 6.45) is 5.71. The van der Waals surface area contributed by atoms with Crippen molar-refractivity contribution in [2.75, 3.05) is 6.54 Å². The Balaban J connectivity index is 1.83. The lowest BCUT2D eigenvalue weighted by atomic mass is 10.0. The van der Waals surface area contributed by atoms with E-state index < -0.39 is 16.0 Å². The summed E-state index contributed by atoms with van der Waals surface area (Å²) in [6.45, 7) is 0.438. The average Bonchev–Trinajstić information content (AvgIpc) is 2.89. The Bertz CT molecular complexity index is 563. The lowest BCUT2D eigenvalue weighted by Gasteiger charge is -2.21. The third-order valence-electron chi connectivity index (χ3n) is 3.39. The molecule has 0 atom stereocenters. The van der Waals surface area contributed by atoms with E-state index in [1.54, 1.807) is 0 Å². The molecular formula is C11H18N4O4S. The number of hydrogen-bond acceptors (Lipinski definition) is 5. The molecule has 0 aliphatic heterocycles. The summed E-state index contributed by atoms with van der Waals surface area (Å²) in [5, 5.41) is 15.5. The van der Waals surface area contributed by atoms with Crippen molar-refractivity contribution in [1.29, 1.82) is 0 Å². The van der Waals surface area contributed by atoms with E-state index in [0.717, 1.165) is 19.3 Å². The molecule has 2 rings (SSSR count). The van der Waals surface area contributed by atoms with Crippen LogP contribution in [0.25, 0.3) is 0 Å². The summed E-state index contributed by atoms with van der Waals surface area (Å²) in [5.74, 6) is -1.15. The first kappa shape index (κ1) is 14.9. The monoisotopic (exact) mass is 302 g/mol. The maximum atomic E-state index is 12.0. The second-order valence-corrected chi connectivity index (χ2v) is 6.92. The largest absolute Gasteiger partial charge is 0.476 e. The van der Waals surface area contributed by atoms with Crippen LogP contribution in [0.3, 0.4) is 0 Å². The number of aromatic nitrogens is 3. The van der Waals surface area contributed by atoms with Gasteiger partial charge in [0.1, 0.15) is 0 Å². The van der Waals surface area contributed by atoms with Crippen LogP contribution in [0.4, 0.5) is 0 Å². The van der Waals surface area contributed by atoms with Crippen LogP contribution in [0.15, 0.2) is 6.20 Å². The molecule has 1 heterocycles. The molecule has 1 aliphatic carbocycles. The third-order valence-corrected chi connectivity index (χ3v) is 5.35. The van der Waals surface area contributed by atoms with Gasteiger partial charge in [0.15, 0.2) is 5.69 Å². The number of hydrogen-bond donors (Lipinski definition) is 2. The highest BCUT2D eigenvalue weighted by atomic mass is 32.2. The van der Waals surface area contributed by atoms with Gasteiger partial charge in [0, 0.05) is 6.54 Å². The highest BCUT2D eigenvalue weighted by molar-refractivity contribution is 7.90. The minimum Gasteiger partial charge on any atom is -0.476 e. The van der Waals surface area contributed by atoms with E-state index in [2.05, 4.69) is 15.0 Å². The van der Waals surface area contributed by atoms with Gasteiger partial charge in [-0.05, 0) is 12.8 Å². The molecule has 1 saturated carbocycles. The predicted octanol–water partition coefficient (Wildman–Crippen LogP) is 0.228. The maximum absolute atomic E-state index is 12.0. The molecule has 20 heavy (non-hydrogen) atoms. The molecule has 1 fully saturated rings. The Labute approximate surface area is 117 Å². The van der Waals surface area contributed by atoms with Crippen molar-refractivity contribution >= 4 is 16.0 Å². The molecule has 1 aromatic heterocycles. The zero-order chi connectivity index (χ0) is 14.6. The summed E-state index contributed by atoms with van der Waals surface area (Å²) in [4.78, 5) is 10.6. The van der Waals surface area contributed by atoms with Crippen molar-refractivity contribution in [3.63, 3.8) is 0 Å². The molecule has 112 valence electrons. The average molecular weight is 302 g/mol. The second kappa shape index (κ2) is 6.31. The number of carbonyl (C=O) groups is 1. The minimum atomic E-state index is -3.29. The number of rotatable bonds is 6. The third kappa shape index (κ3) is 3.76. The van der Waals surface area contributed by atoms with Gasteiger partial charge in [-0.25, -0.2) is 17.9 Å². The van der Waals surface area contributed by atoms with Gasteiger partial charge in [0.25, 0.3) is 0 Å². The molecule has 8 nitrogen and oxygen atoms in total. The molecule has 0 saturated heterocycles. The lowest BCUT2D eigenvalue weighted by molar-refractivity contribution is 0.0690. The number of nitrogens with one attached hydrogen (secondary N) is 1. The fraction of sp³-hybridized carbons (Fsp3) is 0.727. The topological polar surface area (TPSA) is 114 Å². The quantitative estimate of drug-likeness (QED) is 0.777. The van der Waals surface area contributed by atoms with E-state index in [0.29, 0.717) is 12.8 Å². The smallest absolute Gasteiger partial charge is 0.358 e. The molecule has 9 heteroatoms. The SMILES string of the molecule is O=C(O)c1cn(CCNS(=O)(=O)C2CCCCC2)nn1. The molecule has 0 unspecified atom stereocenters. The summed E-state index contributed by atoms with van der Waals surface area (Å²) in [7, 11) is -3.29. The first-order valence-electron chi connectivity index (χ1n) is 6.61. The van der Waals surface area contributed by atoms with Crippen molar-refractivity contribution in [3.05, 3.63) is 11.9 Å². The van der Waals surface area contributed by atoms with E-state index >= 15 is 0 Å². The molecule has 0 bridgehead atoms. The lowest BCUT2D eigenvalue weighted by Crippen LogP contribution is -2.37. The van der Waals surface area contributed by atoms with Gasteiger partial charge in [-0.2, -0.15) is 0 Å². The van der Waals surface area contributed by atoms with Crippen LogP contribution in [0, 0.1) is 0 Å². The molecule has 0 amide bonds. The zero-order valence-electron chi connectivity index (χ0n) is 11.0. The summed E-state index contributed by atoms with van der Waals surface area (Å²) in [5.41, 5.74) is -0.153. The number of carboxylic acid groups (broad SMARTS) is 1. The minimum absolute atomic E-state index is 0.153. The predicted molar refractivity (Wildman–Crippen MR) is 70.8 cm³/mol. The van der Waals surface area contributed by atoms with Crippen LogP contribution >= 0.6 is 0 Å². The van der Waals surface area contributed by atoms with E-state index in [-0.39, 0.29) is 24.0 Å². The molecule has 1 aromatic rings. The van der Waals surface area contributed by atoms with Gasteiger partial charge in [0.2, 0.25) is 10.0 Å². The van der Waals surface area contributed by atoms with Gasteiger partial charge in [0.05, 0.1) is 18.0 Å². The van der Waals surface area contributed by atoms with E-state index in [9.17, 15) is 13.2 Å². The number of nitrogens with zero attached hydrogens (tertiary/aromatic N) is 3. The number of sulfonamides is 1. The van der Waals surface area contributed by atoms with Crippen LogP contribution in [0.5, 0.6) is 0 Å². The van der Waals surface area contributed by atoms with Crippen LogP contribution in [0.2, 0.25) is 0 Å². The van der Waals surface area contributed by atoms with Gasteiger partial charge < -0.3 is 5.11 Å². The maximum Gasteiger partial charge on any atom is 0.358 e. The second-order valence-electron chi connectivity index (χ2n) is 4.87. The summed E-state index contributed by atoms with van der Waals surface area (Å²) in [6, 6.07) is 0. The van der Waals surface area contributed by atoms with Crippen molar-refractivity contribution in [2.24, 2.45) is 0 Å². The van der Waals surface area contributed by atoms with E-state index in [1.165, 1.54) is 10.9 Å². The van der Waals surface area contributed by atoms with Crippen molar-refractivity contribution in [2.45, 2.75) is 43.9 Å². The Morgan fingerprint density at radius 2 is 2.10 bits per heavy atom. The zero-order valence-corrected chi connectivity index (χ0v) is 11.8. The number of carboxylic acids is 1. The Morgan fingerprint density at radius 1 is 1.40 bits per heavy atom. The van der Waals surface area contributed by atoms with Gasteiger partial charge >= 0.3 is 5.97 Å². The van der Waals surface area contributed by atoms with Crippen molar-refractivity contribution < 1.29 is 18.3 Å². The van der Waals surface area contributed by atoms with Gasteiger partial charge in [-0.3, -0.25) is 4.68 Å². The van der Waals surface area contributed by atoms with Crippen LogP contribution < -0.4 is 4.72 Å². The molecule has 1 aliphatic rings. The van der Waals surface area contributed by atoms with E-state index in [4.69, 9.17) is 5.11 Å². The normalized spacial score (nSPS) is 17.2.